The van der Waals surface area contributed by atoms with Crippen molar-refractivity contribution in [2.24, 2.45) is 5.41 Å². The lowest BCUT2D eigenvalue weighted by molar-refractivity contribution is -0.131. The van der Waals surface area contributed by atoms with E-state index in [1.807, 2.05) is 18.2 Å². The number of benzene rings is 3. The summed E-state index contributed by atoms with van der Waals surface area (Å²) in [6, 6.07) is 21.4. The number of carbonyl (C=O) groups is 2. The number of carbonyl (C=O) groups excluding carboxylic acids is 2. The van der Waals surface area contributed by atoms with E-state index in [-0.39, 0.29) is 11.8 Å². The summed E-state index contributed by atoms with van der Waals surface area (Å²) in [7, 11) is 7.54. The lowest BCUT2D eigenvalue weighted by atomic mass is 9.93. The fourth-order valence-corrected chi connectivity index (χ4v) is 3.87. The lowest BCUT2D eigenvalue weighted by Crippen LogP contribution is -2.35. The van der Waals surface area contributed by atoms with Crippen LogP contribution in [0.4, 0.5) is 11.4 Å². The maximum Gasteiger partial charge on any atom is 0.240 e. The molecule has 172 valence electrons. The highest BCUT2D eigenvalue weighted by atomic mass is 16.5. The monoisotopic (exact) mass is 463 g/mol. The first-order chi connectivity index (χ1) is 17.0. The number of hydrogen-bond donors (Lipinski definition) is 2. The number of aromatic nitrogens is 1. The molecule has 1 aliphatic carbocycles. The maximum atomic E-state index is 12.9. The summed E-state index contributed by atoms with van der Waals surface area (Å²) in [5.74, 6) is 1.11. The largest absolute Gasteiger partial charge is 0.497 e. The van der Waals surface area contributed by atoms with Gasteiger partial charge in [0.25, 0.3) is 0 Å². The van der Waals surface area contributed by atoms with Gasteiger partial charge < -0.3 is 20.1 Å². The molecule has 0 spiro atoms. The molecule has 0 aliphatic heterocycles. The van der Waals surface area contributed by atoms with E-state index in [0.29, 0.717) is 52.4 Å². The SMILES string of the molecule is [B]c1cc2nccc(Oc3ccc(NC(=O)C4(C(=O)Nc5ccccc5)CC4)cc3)c2cc1OC. The number of rotatable bonds is 7. The van der Waals surface area contributed by atoms with Gasteiger partial charge in [-0.15, -0.1) is 0 Å². The molecule has 1 heterocycles. The Bertz CT molecular complexity index is 1400. The summed E-state index contributed by atoms with van der Waals surface area (Å²) in [5.41, 5.74) is 1.39. The third kappa shape index (κ3) is 4.55. The quantitative estimate of drug-likeness (QED) is 0.317. The Balaban J connectivity index is 1.28. The van der Waals surface area contributed by atoms with Gasteiger partial charge in [-0.25, -0.2) is 0 Å². The maximum absolute atomic E-state index is 12.9. The highest BCUT2D eigenvalue weighted by Gasteiger charge is 2.56. The van der Waals surface area contributed by atoms with Crippen LogP contribution in [0, 0.1) is 5.41 Å². The predicted octanol–water partition coefficient (Wildman–Crippen LogP) is 4.19. The minimum absolute atomic E-state index is 0.290. The number of anilines is 2. The molecule has 2 N–H and O–H groups in total. The van der Waals surface area contributed by atoms with Crippen LogP contribution >= 0.6 is 0 Å². The van der Waals surface area contributed by atoms with Gasteiger partial charge in [0.05, 0.1) is 12.6 Å². The Hall–Kier alpha value is -4.33. The number of hydrogen-bond acceptors (Lipinski definition) is 5. The third-order valence-electron chi connectivity index (χ3n) is 6.04. The summed E-state index contributed by atoms with van der Waals surface area (Å²) in [6.07, 6.45) is 2.68. The fourth-order valence-electron chi connectivity index (χ4n) is 3.87. The Morgan fingerprint density at radius 3 is 2.17 bits per heavy atom. The Labute approximate surface area is 203 Å². The number of para-hydroxylation sites is 1. The first kappa shape index (κ1) is 22.5. The summed E-state index contributed by atoms with van der Waals surface area (Å²) < 4.78 is 11.4. The summed E-state index contributed by atoms with van der Waals surface area (Å²) in [5, 5.41) is 6.45. The number of fused-ring (bicyclic) bond motifs is 1. The van der Waals surface area contributed by atoms with Gasteiger partial charge in [0.15, 0.2) is 0 Å². The van der Waals surface area contributed by atoms with Crippen molar-refractivity contribution in [3.8, 4) is 17.2 Å². The van der Waals surface area contributed by atoms with E-state index in [1.54, 1.807) is 67.9 Å². The highest BCUT2D eigenvalue weighted by molar-refractivity contribution is 6.35. The molecule has 0 bridgehead atoms. The number of methoxy groups -OCH3 is 1. The molecular formula is C27H22BN3O4. The Morgan fingerprint density at radius 1 is 0.886 bits per heavy atom. The fraction of sp³-hybridized carbons (Fsp3) is 0.148. The summed E-state index contributed by atoms with van der Waals surface area (Å²) in [4.78, 5) is 30.0. The van der Waals surface area contributed by atoms with Crippen LogP contribution in [0.1, 0.15) is 12.8 Å². The van der Waals surface area contributed by atoms with E-state index in [0.717, 1.165) is 5.39 Å². The zero-order valence-electron chi connectivity index (χ0n) is 19.1. The van der Waals surface area contributed by atoms with Crippen LogP contribution in [-0.2, 0) is 9.59 Å². The van der Waals surface area contributed by atoms with Crippen LogP contribution in [0.5, 0.6) is 17.2 Å². The summed E-state index contributed by atoms with van der Waals surface area (Å²) in [6.45, 7) is 0. The molecule has 1 aromatic heterocycles. The molecule has 1 fully saturated rings. The number of nitrogens with zero attached hydrogens (tertiary/aromatic N) is 1. The van der Waals surface area contributed by atoms with Crippen LogP contribution in [0.3, 0.4) is 0 Å². The smallest absolute Gasteiger partial charge is 0.240 e. The zero-order valence-corrected chi connectivity index (χ0v) is 19.1. The second kappa shape index (κ2) is 9.14. The number of ether oxygens (including phenoxy) is 2. The molecule has 1 saturated carbocycles. The van der Waals surface area contributed by atoms with Crippen molar-refractivity contribution < 1.29 is 19.1 Å². The Morgan fingerprint density at radius 2 is 1.54 bits per heavy atom. The molecule has 2 amide bonds. The van der Waals surface area contributed by atoms with Gasteiger partial charge >= 0.3 is 0 Å². The molecule has 0 unspecified atom stereocenters. The molecule has 5 rings (SSSR count). The normalized spacial score (nSPS) is 13.6. The van der Waals surface area contributed by atoms with Crippen LogP contribution in [0.25, 0.3) is 10.9 Å². The molecule has 8 heteroatoms. The molecule has 1 aliphatic rings. The molecule has 4 aromatic rings. The highest BCUT2D eigenvalue weighted by Crippen LogP contribution is 2.47. The van der Waals surface area contributed by atoms with E-state index < -0.39 is 5.41 Å². The minimum Gasteiger partial charge on any atom is -0.497 e. The van der Waals surface area contributed by atoms with E-state index in [1.165, 1.54) is 0 Å². The third-order valence-corrected chi connectivity index (χ3v) is 6.04. The van der Waals surface area contributed by atoms with Crippen molar-refractivity contribution in [1.82, 2.24) is 4.98 Å². The first-order valence-corrected chi connectivity index (χ1v) is 11.2. The van der Waals surface area contributed by atoms with E-state index in [9.17, 15) is 9.59 Å². The predicted molar refractivity (Wildman–Crippen MR) is 136 cm³/mol. The zero-order chi connectivity index (χ0) is 24.4. The van der Waals surface area contributed by atoms with Crippen LogP contribution in [-0.4, -0.2) is 31.8 Å². The average molecular weight is 463 g/mol. The van der Waals surface area contributed by atoms with Crippen LogP contribution in [0.15, 0.2) is 79.0 Å². The second-order valence-electron chi connectivity index (χ2n) is 8.40. The van der Waals surface area contributed by atoms with Gasteiger partial charge in [0.2, 0.25) is 11.8 Å². The molecule has 35 heavy (non-hydrogen) atoms. The molecule has 3 aromatic carbocycles. The van der Waals surface area contributed by atoms with E-state index in [2.05, 4.69) is 15.6 Å². The first-order valence-electron chi connectivity index (χ1n) is 11.2. The van der Waals surface area contributed by atoms with Gasteiger partial charge in [-0.1, -0.05) is 23.7 Å². The summed E-state index contributed by atoms with van der Waals surface area (Å²) >= 11 is 0. The van der Waals surface area contributed by atoms with Gasteiger partial charge in [-0.3, -0.25) is 14.6 Å². The van der Waals surface area contributed by atoms with Crippen molar-refractivity contribution in [1.29, 1.82) is 0 Å². The van der Waals surface area contributed by atoms with Gasteiger partial charge in [-0.2, -0.15) is 0 Å². The van der Waals surface area contributed by atoms with Crippen LogP contribution in [0.2, 0.25) is 0 Å². The molecule has 0 atom stereocenters. The van der Waals surface area contributed by atoms with Gasteiger partial charge in [0, 0.05) is 23.0 Å². The number of amides is 2. The van der Waals surface area contributed by atoms with Gasteiger partial charge in [-0.05, 0) is 67.4 Å². The number of nitrogens with one attached hydrogen (secondary N) is 2. The number of pyridine rings is 1. The lowest BCUT2D eigenvalue weighted by Gasteiger charge is -2.16. The van der Waals surface area contributed by atoms with E-state index >= 15 is 0 Å². The van der Waals surface area contributed by atoms with Crippen LogP contribution < -0.4 is 25.6 Å². The van der Waals surface area contributed by atoms with Crippen molar-refractivity contribution >= 4 is 47.4 Å². The standard InChI is InChI=1S/C27H22BN3O4/c1-34-24-15-20-22(16-21(24)28)29-14-11-23(20)35-19-9-7-18(8-10-19)31-26(33)27(12-13-27)25(32)30-17-5-3-2-4-6-17/h2-11,14-16H,12-13H2,1H3,(H,30,32)(H,31,33). The topological polar surface area (TPSA) is 89.5 Å². The Kier molecular flexibility index (Phi) is 5.87. The molecule has 2 radical (unpaired) electrons. The average Bonchev–Trinajstić information content (AvgIpc) is 3.68. The molecule has 0 saturated heterocycles. The van der Waals surface area contributed by atoms with E-state index in [4.69, 9.17) is 17.3 Å². The molecular weight excluding hydrogens is 441 g/mol. The van der Waals surface area contributed by atoms with Gasteiger partial charge in [0.1, 0.15) is 30.5 Å². The van der Waals surface area contributed by atoms with Crippen molar-refractivity contribution in [2.45, 2.75) is 12.8 Å². The van der Waals surface area contributed by atoms with Crippen molar-refractivity contribution in [3.05, 3.63) is 79.0 Å². The minimum atomic E-state index is -1.04. The molecule has 7 nitrogen and oxygen atoms in total. The van der Waals surface area contributed by atoms with Crippen molar-refractivity contribution in [3.63, 3.8) is 0 Å². The second-order valence-corrected chi connectivity index (χ2v) is 8.40. The van der Waals surface area contributed by atoms with Crippen molar-refractivity contribution in [2.75, 3.05) is 17.7 Å².